The molecule has 5 aromatic rings. The van der Waals surface area contributed by atoms with Crippen LogP contribution < -0.4 is 10.1 Å². The molecule has 2 N–H and O–H groups in total. The van der Waals surface area contributed by atoms with E-state index in [0.29, 0.717) is 32.9 Å². The number of hydrogen-bond acceptors (Lipinski definition) is 5. The smallest absolute Gasteiger partial charge is 0.387 e. The van der Waals surface area contributed by atoms with E-state index < -0.39 is 78.2 Å². The van der Waals surface area contributed by atoms with Crippen LogP contribution in [0.3, 0.4) is 0 Å². The van der Waals surface area contributed by atoms with Gasteiger partial charge in [0.05, 0.1) is 23.4 Å². The van der Waals surface area contributed by atoms with E-state index in [4.69, 9.17) is 0 Å². The number of nitrogens with one attached hydrogen (secondary N) is 2. The van der Waals surface area contributed by atoms with Gasteiger partial charge < -0.3 is 10.1 Å². The number of pyridine rings is 1. The lowest BCUT2D eigenvalue weighted by Crippen LogP contribution is -2.35. The standard InChI is InChI=1S/C32H24F8N6O2/c1-13-24-25-28(30(35)36)45-46(29(25)32(39,40)26(13)24)12-23(47)42-21(8-14-6-16(33)9-17(34)7-14)27-19(10-20-22(43-27)11-41-44-20)15-2-4-18(5-3-15)48-31(37)38/h2-7,9-11,13,21,24,26,30-31H,8,12H2,1H3,(H,41,44)(H,42,47)/t13-,21?,24-,26-/m1/s1. The number of ether oxygens (including phenoxy) is 1. The molecule has 1 fully saturated rings. The molecule has 1 saturated carbocycles. The molecule has 3 aromatic heterocycles. The Morgan fingerprint density at radius 2 is 1.75 bits per heavy atom. The molecule has 250 valence electrons. The SMILES string of the molecule is C[C@@H]1[C@@H]2c3c(C(F)F)nn(CC(=O)NC(Cc4cc(F)cc(F)c4)c4nc5cn[nH]c5cc4-c4ccc(OC(F)F)cc4)c3C(F)(F)[C@H]12. The molecule has 0 spiro atoms. The summed E-state index contributed by atoms with van der Waals surface area (Å²) in [5.41, 5.74) is 0.0199. The molecular formula is C32H24F8N6O2. The molecule has 1 unspecified atom stereocenters. The van der Waals surface area contributed by atoms with Crippen LogP contribution in [0, 0.1) is 23.5 Å². The third-order valence-corrected chi connectivity index (χ3v) is 8.84. The predicted octanol–water partition coefficient (Wildman–Crippen LogP) is 7.19. The summed E-state index contributed by atoms with van der Waals surface area (Å²) in [4.78, 5) is 18.2. The van der Waals surface area contributed by atoms with Crippen LogP contribution in [0.1, 0.15) is 53.5 Å². The molecule has 2 aliphatic rings. The molecule has 48 heavy (non-hydrogen) atoms. The number of halogens is 8. The Hall–Kier alpha value is -5.02. The van der Waals surface area contributed by atoms with Crippen molar-refractivity contribution in [3.05, 3.63) is 94.6 Å². The molecule has 16 heteroatoms. The molecule has 0 bridgehead atoms. The fraction of sp³-hybridized carbons (Fsp3) is 0.312. The van der Waals surface area contributed by atoms with E-state index in [0.717, 1.165) is 12.1 Å². The monoisotopic (exact) mass is 676 g/mol. The van der Waals surface area contributed by atoms with Gasteiger partial charge in [0.25, 0.3) is 12.3 Å². The number of carbonyl (C=O) groups excluding carboxylic acids is 1. The molecule has 0 aliphatic heterocycles. The zero-order chi connectivity index (χ0) is 34.1. The lowest BCUT2D eigenvalue weighted by Gasteiger charge is -2.23. The lowest BCUT2D eigenvalue weighted by molar-refractivity contribution is -0.123. The van der Waals surface area contributed by atoms with Gasteiger partial charge in [-0.15, -0.1) is 0 Å². The zero-order valence-corrected chi connectivity index (χ0v) is 24.7. The first kappa shape index (κ1) is 31.6. The number of aromatic nitrogens is 5. The predicted molar refractivity (Wildman–Crippen MR) is 153 cm³/mol. The maximum atomic E-state index is 15.4. The average molecular weight is 677 g/mol. The van der Waals surface area contributed by atoms with E-state index in [1.165, 1.54) is 30.5 Å². The van der Waals surface area contributed by atoms with Crippen molar-refractivity contribution in [3.63, 3.8) is 0 Å². The summed E-state index contributed by atoms with van der Waals surface area (Å²) in [6, 6.07) is 8.63. The second-order valence-corrected chi connectivity index (χ2v) is 11.9. The van der Waals surface area contributed by atoms with Crippen molar-refractivity contribution in [1.29, 1.82) is 0 Å². The quantitative estimate of drug-likeness (QED) is 0.153. The Morgan fingerprint density at radius 1 is 1.04 bits per heavy atom. The van der Waals surface area contributed by atoms with Crippen molar-refractivity contribution in [2.24, 2.45) is 11.8 Å². The van der Waals surface area contributed by atoms with E-state index in [-0.39, 0.29) is 29.0 Å². The summed E-state index contributed by atoms with van der Waals surface area (Å²) in [6.45, 7) is -2.38. The Bertz CT molecular complexity index is 2010. The number of aromatic amines is 1. The third kappa shape index (κ3) is 5.52. The van der Waals surface area contributed by atoms with E-state index in [2.05, 4.69) is 30.3 Å². The van der Waals surface area contributed by atoms with E-state index in [1.807, 2.05) is 0 Å². The molecule has 1 amide bonds. The van der Waals surface area contributed by atoms with Gasteiger partial charge in [0.1, 0.15) is 40.8 Å². The first-order valence-electron chi connectivity index (χ1n) is 14.7. The van der Waals surface area contributed by atoms with Crippen LogP contribution in [0.2, 0.25) is 0 Å². The van der Waals surface area contributed by atoms with Crippen molar-refractivity contribution >= 4 is 16.9 Å². The van der Waals surface area contributed by atoms with Crippen LogP contribution in [0.5, 0.6) is 5.75 Å². The molecule has 3 heterocycles. The van der Waals surface area contributed by atoms with Crippen molar-refractivity contribution in [2.75, 3.05) is 0 Å². The number of fused-ring (bicyclic) bond motifs is 4. The molecule has 4 atom stereocenters. The second kappa shape index (κ2) is 11.6. The highest BCUT2D eigenvalue weighted by Gasteiger charge is 2.71. The van der Waals surface area contributed by atoms with Crippen molar-refractivity contribution in [1.82, 2.24) is 30.3 Å². The van der Waals surface area contributed by atoms with Gasteiger partial charge in [-0.1, -0.05) is 19.1 Å². The largest absolute Gasteiger partial charge is 0.435 e. The van der Waals surface area contributed by atoms with Crippen molar-refractivity contribution in [2.45, 2.75) is 50.8 Å². The van der Waals surface area contributed by atoms with Gasteiger partial charge in [-0.2, -0.15) is 27.8 Å². The van der Waals surface area contributed by atoms with Gasteiger partial charge in [0.15, 0.2) is 0 Å². The van der Waals surface area contributed by atoms with Gasteiger partial charge in [-0.3, -0.25) is 14.6 Å². The Balaban J connectivity index is 1.28. The highest BCUT2D eigenvalue weighted by molar-refractivity contribution is 5.83. The fourth-order valence-corrected chi connectivity index (χ4v) is 6.83. The summed E-state index contributed by atoms with van der Waals surface area (Å²) in [5.74, 6) is -8.82. The van der Waals surface area contributed by atoms with Gasteiger partial charge in [0, 0.05) is 29.0 Å². The van der Waals surface area contributed by atoms with E-state index >= 15 is 8.78 Å². The number of carbonyl (C=O) groups is 1. The summed E-state index contributed by atoms with van der Waals surface area (Å²) < 4.78 is 118. The number of hydrogen-bond donors (Lipinski definition) is 2. The van der Waals surface area contributed by atoms with Crippen molar-refractivity contribution in [3.8, 4) is 16.9 Å². The topological polar surface area (TPSA) is 97.7 Å². The molecule has 2 aliphatic carbocycles. The number of nitrogens with zero attached hydrogens (tertiary/aromatic N) is 4. The molecule has 8 nitrogen and oxygen atoms in total. The van der Waals surface area contributed by atoms with Gasteiger partial charge in [-0.25, -0.2) is 22.5 Å². The number of benzene rings is 2. The van der Waals surface area contributed by atoms with Gasteiger partial charge in [0.2, 0.25) is 5.91 Å². The van der Waals surface area contributed by atoms with Crippen LogP contribution >= 0.6 is 0 Å². The maximum absolute atomic E-state index is 15.4. The average Bonchev–Trinajstić information content (AvgIpc) is 3.29. The Morgan fingerprint density at radius 3 is 2.42 bits per heavy atom. The number of alkyl halides is 6. The minimum atomic E-state index is -3.49. The summed E-state index contributed by atoms with van der Waals surface area (Å²) in [7, 11) is 0. The summed E-state index contributed by atoms with van der Waals surface area (Å²) >= 11 is 0. The number of H-pyrrole nitrogens is 1. The first-order chi connectivity index (χ1) is 22.8. The minimum absolute atomic E-state index is 0.0964. The van der Waals surface area contributed by atoms with Crippen LogP contribution in [-0.2, 0) is 23.7 Å². The highest BCUT2D eigenvalue weighted by Crippen LogP contribution is 2.71. The van der Waals surface area contributed by atoms with Crippen LogP contribution in [0.25, 0.3) is 22.2 Å². The molecule has 0 radical (unpaired) electrons. The second-order valence-electron chi connectivity index (χ2n) is 11.9. The summed E-state index contributed by atoms with van der Waals surface area (Å²) in [5, 5.41) is 13.1. The maximum Gasteiger partial charge on any atom is 0.387 e. The zero-order valence-electron chi connectivity index (χ0n) is 24.7. The highest BCUT2D eigenvalue weighted by atomic mass is 19.3. The van der Waals surface area contributed by atoms with E-state index in [1.54, 1.807) is 13.0 Å². The molecule has 7 rings (SSSR count). The Labute approximate surface area is 266 Å². The fourth-order valence-electron chi connectivity index (χ4n) is 6.83. The van der Waals surface area contributed by atoms with Gasteiger partial charge >= 0.3 is 6.61 Å². The summed E-state index contributed by atoms with van der Waals surface area (Å²) in [6.07, 6.45) is -2.02. The minimum Gasteiger partial charge on any atom is -0.435 e. The van der Waals surface area contributed by atoms with Gasteiger partial charge in [-0.05, 0) is 53.8 Å². The van der Waals surface area contributed by atoms with Crippen LogP contribution in [0.4, 0.5) is 35.1 Å². The number of rotatable bonds is 10. The van der Waals surface area contributed by atoms with Crippen LogP contribution in [0.15, 0.2) is 54.7 Å². The molecule has 0 saturated heterocycles. The third-order valence-electron chi connectivity index (χ3n) is 8.84. The first-order valence-corrected chi connectivity index (χ1v) is 14.7. The number of amides is 1. The van der Waals surface area contributed by atoms with Crippen LogP contribution in [-0.4, -0.2) is 37.5 Å². The Kier molecular flexibility index (Phi) is 7.63. The molecular weight excluding hydrogens is 652 g/mol. The normalized spacial score (nSPS) is 19.9. The van der Waals surface area contributed by atoms with E-state index in [9.17, 15) is 31.1 Å². The lowest BCUT2D eigenvalue weighted by atomic mass is 9.94. The molecule has 2 aromatic carbocycles. The van der Waals surface area contributed by atoms with Crippen molar-refractivity contribution < 1.29 is 44.7 Å².